The summed E-state index contributed by atoms with van der Waals surface area (Å²) in [5.74, 6) is -1.40. The van der Waals surface area contributed by atoms with E-state index in [4.69, 9.17) is 11.6 Å². The third-order valence-corrected chi connectivity index (χ3v) is 9.33. The number of fused-ring (bicyclic) bond motifs is 7. The highest BCUT2D eigenvalue weighted by Crippen LogP contribution is 2.68. The normalized spacial score (nSPS) is 31.0. The van der Waals surface area contributed by atoms with Crippen LogP contribution in [0, 0.1) is 5.92 Å². The van der Waals surface area contributed by atoms with Gasteiger partial charge in [-0.3, -0.25) is 19.3 Å². The maximum absolute atomic E-state index is 14.3. The molecule has 170 valence electrons. The highest BCUT2D eigenvalue weighted by atomic mass is 35.5. The van der Waals surface area contributed by atoms with Gasteiger partial charge in [0.1, 0.15) is 11.0 Å². The third kappa shape index (κ3) is 2.10. The molecule has 2 aromatic carbocycles. The first-order valence-electron chi connectivity index (χ1n) is 11.4. The van der Waals surface area contributed by atoms with E-state index in [0.29, 0.717) is 38.9 Å². The van der Waals surface area contributed by atoms with E-state index in [0.717, 1.165) is 12.8 Å². The lowest BCUT2D eigenvalue weighted by molar-refractivity contribution is -0.137. The molecule has 2 fully saturated rings. The second-order valence-corrected chi connectivity index (χ2v) is 10.7. The minimum absolute atomic E-state index is 0.0843. The van der Waals surface area contributed by atoms with E-state index in [2.05, 4.69) is 15.5 Å². The van der Waals surface area contributed by atoms with Crippen LogP contribution in [0.15, 0.2) is 60.0 Å². The molecule has 5 heterocycles. The second-order valence-electron chi connectivity index (χ2n) is 9.36. The highest BCUT2D eigenvalue weighted by Gasteiger charge is 2.81. The zero-order valence-electron chi connectivity index (χ0n) is 18.0. The van der Waals surface area contributed by atoms with Crippen molar-refractivity contribution in [3.05, 3.63) is 81.0 Å². The summed E-state index contributed by atoms with van der Waals surface area (Å²) >= 11 is 7.93. The summed E-state index contributed by atoms with van der Waals surface area (Å²) in [7, 11) is 0. The first-order valence-corrected chi connectivity index (χ1v) is 12.6. The van der Waals surface area contributed by atoms with Crippen molar-refractivity contribution in [3.63, 3.8) is 0 Å². The summed E-state index contributed by atoms with van der Waals surface area (Å²) in [5, 5.41) is 8.34. The number of hydrogen-bond donors (Lipinski definition) is 2. The quantitative estimate of drug-likeness (QED) is 0.522. The number of anilines is 2. The second kappa shape index (κ2) is 6.78. The topological polar surface area (TPSA) is 78.5 Å². The number of hydrogen-bond acceptors (Lipinski definition) is 5. The van der Waals surface area contributed by atoms with Crippen molar-refractivity contribution >= 4 is 51.9 Å². The molecule has 0 unspecified atom stereocenters. The van der Waals surface area contributed by atoms with E-state index in [9.17, 15) is 14.4 Å². The smallest absolute Gasteiger partial charge is 0.251 e. The SMILES string of the molecule is O=C(c1cccs1)[C@@H]1[C@H]2CCCN2[C@]2(C(=O)Nc3c(Cl)cccc32)[C@@]12C(=O)Nc1ccccc12. The number of nitrogens with zero attached hydrogens (tertiary/aromatic N) is 1. The first-order chi connectivity index (χ1) is 16.5. The molecule has 0 aliphatic carbocycles. The summed E-state index contributed by atoms with van der Waals surface area (Å²) in [6.45, 7) is 0.620. The molecule has 6 nitrogen and oxygen atoms in total. The lowest BCUT2D eigenvalue weighted by Gasteiger charge is -2.43. The molecule has 0 saturated carbocycles. The van der Waals surface area contributed by atoms with Gasteiger partial charge >= 0.3 is 0 Å². The summed E-state index contributed by atoms with van der Waals surface area (Å²) < 4.78 is 0. The lowest BCUT2D eigenvalue weighted by Crippen LogP contribution is -2.62. The molecule has 2 amide bonds. The van der Waals surface area contributed by atoms with Gasteiger partial charge in [-0.15, -0.1) is 11.3 Å². The van der Waals surface area contributed by atoms with E-state index in [1.807, 2.05) is 53.9 Å². The first kappa shape index (κ1) is 20.4. The molecule has 4 aliphatic heterocycles. The van der Waals surface area contributed by atoms with Gasteiger partial charge in [-0.05, 0) is 48.5 Å². The molecule has 4 aliphatic rings. The maximum atomic E-state index is 14.3. The number of nitrogens with one attached hydrogen (secondary N) is 2. The van der Waals surface area contributed by atoms with Gasteiger partial charge in [0.25, 0.3) is 5.91 Å². The van der Waals surface area contributed by atoms with Crippen LogP contribution in [-0.2, 0) is 20.5 Å². The fourth-order valence-electron chi connectivity index (χ4n) is 7.14. The minimum Gasteiger partial charge on any atom is -0.325 e. The van der Waals surface area contributed by atoms with E-state index in [1.54, 1.807) is 6.07 Å². The summed E-state index contributed by atoms with van der Waals surface area (Å²) in [6.07, 6.45) is 1.59. The standard InChI is InChI=1S/C26H20ClN3O3S/c27-16-8-3-7-15-21(16)29-24(33)26(15)25(14-6-1-2-9-17(14)28-23(25)32)20(18-10-4-12-30(18)26)22(31)19-11-5-13-34-19/h1-3,5-9,11,13,18,20H,4,10,12H2,(H,28,32)(H,29,33)/t18-,20+,25-,26-/m1/s1. The van der Waals surface area contributed by atoms with Crippen LogP contribution >= 0.6 is 22.9 Å². The average Bonchev–Trinajstić information content (AvgIpc) is 3.62. The molecule has 1 aromatic heterocycles. The maximum Gasteiger partial charge on any atom is 0.251 e. The largest absolute Gasteiger partial charge is 0.325 e. The number of ketones is 1. The van der Waals surface area contributed by atoms with Gasteiger partial charge in [0, 0.05) is 17.3 Å². The van der Waals surface area contributed by atoms with Crippen LogP contribution in [0.25, 0.3) is 0 Å². The summed E-state index contributed by atoms with van der Waals surface area (Å²) in [4.78, 5) is 45.5. The fourth-order valence-corrected chi connectivity index (χ4v) is 8.07. The van der Waals surface area contributed by atoms with Crippen LogP contribution in [0.1, 0.15) is 33.6 Å². The van der Waals surface area contributed by atoms with Crippen molar-refractivity contribution in [3.8, 4) is 0 Å². The van der Waals surface area contributed by atoms with E-state index in [1.165, 1.54) is 11.3 Å². The van der Waals surface area contributed by atoms with E-state index < -0.39 is 16.9 Å². The zero-order valence-corrected chi connectivity index (χ0v) is 19.6. The van der Waals surface area contributed by atoms with Crippen molar-refractivity contribution in [2.45, 2.75) is 29.8 Å². The summed E-state index contributed by atoms with van der Waals surface area (Å²) in [6, 6.07) is 16.3. The Balaban J connectivity index is 1.62. The molecule has 7 rings (SSSR count). The monoisotopic (exact) mass is 489 g/mol. The Labute approximate surface area is 204 Å². The Kier molecular flexibility index (Phi) is 4.06. The fraction of sp³-hybridized carbons (Fsp3) is 0.269. The number of para-hydroxylation sites is 2. The predicted octanol–water partition coefficient (Wildman–Crippen LogP) is 4.42. The number of carbonyl (C=O) groups is 3. The van der Waals surface area contributed by atoms with Crippen LogP contribution in [0.4, 0.5) is 11.4 Å². The number of carbonyl (C=O) groups excluding carboxylic acids is 3. The Hall–Kier alpha value is -3.00. The van der Waals surface area contributed by atoms with Gasteiger partial charge in [-0.25, -0.2) is 0 Å². The van der Waals surface area contributed by atoms with Crippen LogP contribution in [0.5, 0.6) is 0 Å². The Morgan fingerprint density at radius 3 is 2.65 bits per heavy atom. The Morgan fingerprint density at radius 2 is 1.82 bits per heavy atom. The molecule has 2 spiro atoms. The number of benzene rings is 2. The third-order valence-electron chi connectivity index (χ3n) is 8.13. The molecule has 3 aromatic rings. The van der Waals surface area contributed by atoms with Gasteiger partial charge in [0.15, 0.2) is 5.78 Å². The van der Waals surface area contributed by atoms with Crippen LogP contribution < -0.4 is 10.6 Å². The van der Waals surface area contributed by atoms with Crippen molar-refractivity contribution in [1.29, 1.82) is 0 Å². The van der Waals surface area contributed by atoms with E-state index in [-0.39, 0.29) is 23.6 Å². The van der Waals surface area contributed by atoms with E-state index >= 15 is 0 Å². The van der Waals surface area contributed by atoms with Crippen LogP contribution in [0.3, 0.4) is 0 Å². The molecule has 0 radical (unpaired) electrons. The molecule has 2 N–H and O–H groups in total. The minimum atomic E-state index is -1.42. The molecular weight excluding hydrogens is 470 g/mol. The molecule has 0 bridgehead atoms. The molecule has 2 saturated heterocycles. The number of Topliss-reactive ketones (excluding diaryl/α,β-unsaturated/α-hetero) is 1. The summed E-state index contributed by atoms with van der Waals surface area (Å²) in [5.41, 5.74) is -0.239. The zero-order chi connectivity index (χ0) is 23.2. The van der Waals surface area contributed by atoms with Gasteiger partial charge in [-0.2, -0.15) is 0 Å². The van der Waals surface area contributed by atoms with Gasteiger partial charge < -0.3 is 10.6 Å². The van der Waals surface area contributed by atoms with Crippen molar-refractivity contribution in [2.24, 2.45) is 5.92 Å². The van der Waals surface area contributed by atoms with Gasteiger partial charge in [0.05, 0.1) is 21.5 Å². The van der Waals surface area contributed by atoms with Crippen molar-refractivity contribution < 1.29 is 14.4 Å². The van der Waals surface area contributed by atoms with Gasteiger partial charge in [0.2, 0.25) is 5.91 Å². The lowest BCUT2D eigenvalue weighted by atomic mass is 9.57. The van der Waals surface area contributed by atoms with Crippen molar-refractivity contribution in [2.75, 3.05) is 17.2 Å². The molecule has 34 heavy (non-hydrogen) atoms. The highest BCUT2D eigenvalue weighted by molar-refractivity contribution is 7.12. The Bertz CT molecular complexity index is 1410. The number of halogens is 1. The van der Waals surface area contributed by atoms with Gasteiger partial charge in [-0.1, -0.05) is 48.0 Å². The number of rotatable bonds is 2. The van der Waals surface area contributed by atoms with Crippen molar-refractivity contribution in [1.82, 2.24) is 4.90 Å². The average molecular weight is 490 g/mol. The van der Waals surface area contributed by atoms with Crippen LogP contribution in [0.2, 0.25) is 5.02 Å². The molecule has 8 heteroatoms. The number of thiophene rings is 1. The predicted molar refractivity (Wildman–Crippen MR) is 130 cm³/mol. The Morgan fingerprint density at radius 1 is 1.00 bits per heavy atom. The van der Waals surface area contributed by atoms with Crippen LogP contribution in [-0.4, -0.2) is 35.1 Å². The number of amides is 2. The molecular formula is C26H20ClN3O3S. The molecule has 4 atom stereocenters.